The number of hydrogen-bond acceptors (Lipinski definition) is 9. The van der Waals surface area contributed by atoms with Crippen molar-refractivity contribution in [3.63, 3.8) is 0 Å². The van der Waals surface area contributed by atoms with Crippen LogP contribution in [0.1, 0.15) is 11.8 Å². The van der Waals surface area contributed by atoms with Gasteiger partial charge in [0.25, 0.3) is 5.91 Å². The van der Waals surface area contributed by atoms with Crippen molar-refractivity contribution in [1.29, 1.82) is 0 Å². The molecule has 192 valence electrons. The molecule has 0 saturated carbocycles. The SMILES string of the molecule is CNC(=O)[C@H]1O[C@@H](n2cnc3c(NCc4cc(F)cc(F)c4)nc(-c4cncc(Cl)c4)nc32)[C@H](O)[C@@H]1O. The molecule has 0 radical (unpaired) electrons. The minimum absolute atomic E-state index is 0.000895. The fraction of sp³-hybridized carbons (Fsp3) is 0.261. The predicted octanol–water partition coefficient (Wildman–Crippen LogP) is 1.80. The Morgan fingerprint density at radius 3 is 2.59 bits per heavy atom. The van der Waals surface area contributed by atoms with Crippen LogP contribution in [0.2, 0.25) is 5.02 Å². The summed E-state index contributed by atoms with van der Waals surface area (Å²) in [6.07, 6.45) is -1.24. The average Bonchev–Trinajstić information content (AvgIpc) is 3.42. The van der Waals surface area contributed by atoms with Crippen LogP contribution in [0.4, 0.5) is 14.6 Å². The molecule has 4 atom stereocenters. The van der Waals surface area contributed by atoms with Crippen molar-refractivity contribution >= 4 is 34.5 Å². The maximum absolute atomic E-state index is 13.7. The van der Waals surface area contributed by atoms with E-state index in [1.807, 2.05) is 0 Å². The van der Waals surface area contributed by atoms with Crippen LogP contribution in [-0.2, 0) is 16.1 Å². The highest BCUT2D eigenvalue weighted by Crippen LogP contribution is 2.34. The Labute approximate surface area is 213 Å². The van der Waals surface area contributed by atoms with E-state index < -0.39 is 42.1 Å². The second-order valence-corrected chi connectivity index (χ2v) is 8.72. The lowest BCUT2D eigenvalue weighted by molar-refractivity contribution is -0.137. The van der Waals surface area contributed by atoms with Gasteiger partial charge < -0.3 is 25.6 Å². The lowest BCUT2D eigenvalue weighted by Gasteiger charge is -2.17. The summed E-state index contributed by atoms with van der Waals surface area (Å²) in [5.74, 6) is -1.68. The van der Waals surface area contributed by atoms with Gasteiger partial charge in [0.2, 0.25) is 0 Å². The van der Waals surface area contributed by atoms with E-state index in [1.165, 1.54) is 42.5 Å². The summed E-state index contributed by atoms with van der Waals surface area (Å²) >= 11 is 6.09. The number of aliphatic hydroxyl groups excluding tert-OH is 2. The topological polar surface area (TPSA) is 147 Å². The highest BCUT2D eigenvalue weighted by Gasteiger charge is 2.47. The number of aliphatic hydroxyl groups is 2. The first-order valence-electron chi connectivity index (χ1n) is 11.0. The summed E-state index contributed by atoms with van der Waals surface area (Å²) in [5.41, 5.74) is 1.20. The first-order valence-corrected chi connectivity index (χ1v) is 11.4. The molecule has 14 heteroatoms. The van der Waals surface area contributed by atoms with Gasteiger partial charge in [0.1, 0.15) is 23.8 Å². The van der Waals surface area contributed by atoms with E-state index in [4.69, 9.17) is 16.3 Å². The van der Waals surface area contributed by atoms with Gasteiger partial charge in [0.05, 0.1) is 11.3 Å². The van der Waals surface area contributed by atoms with Gasteiger partial charge in [-0.2, -0.15) is 0 Å². The standard InChI is InChI=1S/C23H20ClF2N7O4/c1-27-22(36)18-16(34)17(35)23(37-18)33-9-30-15-20(29-6-10-2-13(25)5-14(26)3-10)31-19(32-21(15)33)11-4-12(24)8-28-7-11/h2-5,7-9,16-18,23,34-35H,6H2,1H3,(H,27,36)(H,29,31,32)/t16-,17+,18-,23+/m0/s1. The molecule has 11 nitrogen and oxygen atoms in total. The fourth-order valence-electron chi connectivity index (χ4n) is 4.04. The molecular weight excluding hydrogens is 512 g/mol. The Morgan fingerprint density at radius 2 is 1.89 bits per heavy atom. The van der Waals surface area contributed by atoms with Gasteiger partial charge >= 0.3 is 0 Å². The number of nitrogens with one attached hydrogen (secondary N) is 2. The molecule has 4 heterocycles. The highest BCUT2D eigenvalue weighted by molar-refractivity contribution is 6.30. The Balaban J connectivity index is 1.58. The molecule has 1 fully saturated rings. The number of halogens is 3. The number of imidazole rings is 1. The zero-order valence-electron chi connectivity index (χ0n) is 19.1. The lowest BCUT2D eigenvalue weighted by atomic mass is 10.1. The van der Waals surface area contributed by atoms with Gasteiger partial charge in [-0.25, -0.2) is 23.7 Å². The number of likely N-dealkylation sites (N-methyl/N-ethyl adjacent to an activating group) is 1. The van der Waals surface area contributed by atoms with Crippen LogP contribution in [0.15, 0.2) is 43.0 Å². The molecule has 1 aliphatic heterocycles. The summed E-state index contributed by atoms with van der Waals surface area (Å²) in [6.45, 7) is 0.000895. The molecule has 1 aliphatic rings. The van der Waals surface area contributed by atoms with Crippen molar-refractivity contribution < 1.29 is 28.5 Å². The van der Waals surface area contributed by atoms with Gasteiger partial charge in [-0.05, 0) is 23.8 Å². The molecule has 0 spiro atoms. The van der Waals surface area contributed by atoms with Crippen molar-refractivity contribution in [3.05, 3.63) is 65.2 Å². The summed E-state index contributed by atoms with van der Waals surface area (Å²) in [5, 5.41) is 26.7. The Hall–Kier alpha value is -3.78. The molecule has 0 unspecified atom stereocenters. The van der Waals surface area contributed by atoms with Gasteiger partial charge in [-0.3, -0.25) is 14.3 Å². The number of benzene rings is 1. The van der Waals surface area contributed by atoms with Gasteiger partial charge in [-0.15, -0.1) is 0 Å². The number of pyridine rings is 1. The third-order valence-corrected chi connectivity index (χ3v) is 5.99. The van der Waals surface area contributed by atoms with Crippen molar-refractivity contribution in [2.75, 3.05) is 12.4 Å². The Kier molecular flexibility index (Phi) is 6.69. The molecule has 1 aromatic carbocycles. The maximum Gasteiger partial charge on any atom is 0.251 e. The summed E-state index contributed by atoms with van der Waals surface area (Å²) in [4.78, 5) is 29.5. The van der Waals surface area contributed by atoms with Crippen LogP contribution in [0.5, 0.6) is 0 Å². The van der Waals surface area contributed by atoms with E-state index >= 15 is 0 Å². The number of anilines is 1. The summed E-state index contributed by atoms with van der Waals surface area (Å²) < 4.78 is 34.4. The largest absolute Gasteiger partial charge is 0.387 e. The first kappa shape index (κ1) is 24.9. The Bertz CT molecular complexity index is 1470. The van der Waals surface area contributed by atoms with Crippen molar-refractivity contribution in [1.82, 2.24) is 29.8 Å². The second-order valence-electron chi connectivity index (χ2n) is 8.29. The monoisotopic (exact) mass is 531 g/mol. The first-order chi connectivity index (χ1) is 17.7. The third-order valence-electron chi connectivity index (χ3n) is 5.78. The number of fused-ring (bicyclic) bond motifs is 1. The van der Waals surface area contributed by atoms with Crippen LogP contribution in [0.3, 0.4) is 0 Å². The lowest BCUT2D eigenvalue weighted by Crippen LogP contribution is -2.41. The minimum atomic E-state index is -1.50. The highest BCUT2D eigenvalue weighted by atomic mass is 35.5. The number of nitrogens with zero attached hydrogens (tertiary/aromatic N) is 5. The number of carbonyl (C=O) groups is 1. The normalized spacial score (nSPS) is 21.4. The Morgan fingerprint density at radius 1 is 1.14 bits per heavy atom. The van der Waals surface area contributed by atoms with Gasteiger partial charge in [-0.1, -0.05) is 11.6 Å². The maximum atomic E-state index is 13.7. The number of aromatic nitrogens is 5. The summed E-state index contributed by atoms with van der Waals surface area (Å²) in [6, 6.07) is 4.72. The number of amides is 1. The van der Waals surface area contributed by atoms with Crippen LogP contribution in [-0.4, -0.2) is 66.0 Å². The molecule has 4 aromatic rings. The number of carbonyl (C=O) groups excluding carboxylic acids is 1. The zero-order valence-corrected chi connectivity index (χ0v) is 19.9. The number of hydrogen-bond donors (Lipinski definition) is 4. The fourth-order valence-corrected chi connectivity index (χ4v) is 4.21. The van der Waals surface area contributed by atoms with E-state index in [0.29, 0.717) is 16.1 Å². The van der Waals surface area contributed by atoms with Crippen LogP contribution in [0.25, 0.3) is 22.6 Å². The molecule has 1 amide bonds. The smallest absolute Gasteiger partial charge is 0.251 e. The molecule has 3 aromatic heterocycles. The molecule has 0 aliphatic carbocycles. The molecule has 37 heavy (non-hydrogen) atoms. The zero-order chi connectivity index (χ0) is 26.3. The van der Waals surface area contributed by atoms with E-state index in [9.17, 15) is 23.8 Å². The molecule has 5 rings (SSSR count). The van der Waals surface area contributed by atoms with E-state index in [-0.39, 0.29) is 29.4 Å². The van der Waals surface area contributed by atoms with E-state index in [0.717, 1.165) is 6.07 Å². The third kappa shape index (κ3) is 4.81. The van der Waals surface area contributed by atoms with E-state index in [2.05, 4.69) is 30.6 Å². The quantitative estimate of drug-likeness (QED) is 0.292. The second kappa shape index (κ2) is 9.94. The molecular formula is C23H20ClF2N7O4. The molecule has 0 bridgehead atoms. The number of rotatable bonds is 6. The van der Waals surface area contributed by atoms with Crippen molar-refractivity contribution in [2.45, 2.75) is 31.1 Å². The van der Waals surface area contributed by atoms with E-state index in [1.54, 1.807) is 6.07 Å². The van der Waals surface area contributed by atoms with Crippen LogP contribution >= 0.6 is 11.6 Å². The van der Waals surface area contributed by atoms with Crippen LogP contribution < -0.4 is 10.6 Å². The van der Waals surface area contributed by atoms with Gasteiger partial charge in [0.15, 0.2) is 35.1 Å². The molecule has 1 saturated heterocycles. The predicted molar refractivity (Wildman–Crippen MR) is 127 cm³/mol. The van der Waals surface area contributed by atoms with Gasteiger partial charge in [0, 0.05) is 37.6 Å². The minimum Gasteiger partial charge on any atom is -0.387 e. The van der Waals surface area contributed by atoms with Crippen LogP contribution in [0, 0.1) is 11.6 Å². The number of ether oxygens (including phenoxy) is 1. The van der Waals surface area contributed by atoms with Crippen molar-refractivity contribution in [3.8, 4) is 11.4 Å². The average molecular weight is 532 g/mol. The van der Waals surface area contributed by atoms with Crippen molar-refractivity contribution in [2.24, 2.45) is 0 Å². The molecule has 4 N–H and O–H groups in total. The summed E-state index contributed by atoms with van der Waals surface area (Å²) in [7, 11) is 1.38.